The Morgan fingerprint density at radius 1 is 0.321 bits per heavy atom. The number of hydrogen-bond donors (Lipinski definition) is 0. The second-order valence-corrected chi connectivity index (χ2v) is 12.1. The van der Waals surface area contributed by atoms with Gasteiger partial charge in [0.1, 0.15) is 40.2 Å². The van der Waals surface area contributed by atoms with Gasteiger partial charge in [-0.1, -0.05) is 71.7 Å². The summed E-state index contributed by atoms with van der Waals surface area (Å²) in [6.07, 6.45) is 0. The van der Waals surface area contributed by atoms with Gasteiger partial charge in [-0.2, -0.15) is 0 Å². The average molecular weight is 747 g/mol. The van der Waals surface area contributed by atoms with Gasteiger partial charge in [0, 0.05) is 22.3 Å². The van der Waals surface area contributed by atoms with Crippen LogP contribution in [-0.4, -0.2) is 18.7 Å². The van der Waals surface area contributed by atoms with E-state index in [1.54, 1.807) is 104 Å². The molecule has 0 aliphatic rings. The molecule has 6 nitrogen and oxygen atoms in total. The molecule has 0 atom stereocenters. The molecule has 7 rings (SSSR count). The third-order valence-corrected chi connectivity index (χ3v) is 8.47. The molecule has 0 aliphatic carbocycles. The Kier molecular flexibility index (Phi) is 15.5. The summed E-state index contributed by atoms with van der Waals surface area (Å²) in [5.74, 6) is 4.60. The maximum absolute atomic E-state index is 13.1. The van der Waals surface area contributed by atoms with Crippen molar-refractivity contribution in [3.05, 3.63) is 198 Å². The van der Waals surface area contributed by atoms with Crippen LogP contribution in [-0.2, 0) is 0 Å². The number of rotatable bonds is 12. The van der Waals surface area contributed by atoms with Crippen LogP contribution in [0.5, 0.6) is 40.2 Å². The fraction of sp³-hybridized carbons (Fsp3) is 0.120. The SMILES string of the molecule is C.C.C.C.COc1ccc(C(=O)c2ccc(Oc3ccc(-c4ccc(Oc5ccc(C(=O)c6ccc(Oc7ccc(C)cc7)cc6)cc5)cc4)cc3)cc2)cc1. The van der Waals surface area contributed by atoms with Gasteiger partial charge in [0.05, 0.1) is 7.11 Å². The molecule has 286 valence electrons. The van der Waals surface area contributed by atoms with Crippen molar-refractivity contribution in [2.24, 2.45) is 0 Å². The summed E-state index contributed by atoms with van der Waals surface area (Å²) in [6.45, 7) is 2.03. The van der Waals surface area contributed by atoms with Gasteiger partial charge in [-0.3, -0.25) is 9.59 Å². The molecule has 7 aromatic rings. The third kappa shape index (κ3) is 10.6. The lowest BCUT2D eigenvalue weighted by atomic mass is 10.0. The molecule has 0 aromatic heterocycles. The summed E-state index contributed by atoms with van der Waals surface area (Å²) in [6, 6.07) is 51.8. The van der Waals surface area contributed by atoms with E-state index in [0.29, 0.717) is 56.8 Å². The molecule has 0 amide bonds. The summed E-state index contributed by atoms with van der Waals surface area (Å²) in [7, 11) is 1.59. The Balaban J connectivity index is 0.00000210. The van der Waals surface area contributed by atoms with Gasteiger partial charge >= 0.3 is 0 Å². The molecule has 0 saturated heterocycles. The first kappa shape index (κ1) is 43.5. The Hall–Kier alpha value is -6.92. The quantitative estimate of drug-likeness (QED) is 0.116. The maximum atomic E-state index is 13.1. The molecule has 0 N–H and O–H groups in total. The summed E-state index contributed by atoms with van der Waals surface area (Å²) in [4.78, 5) is 25.9. The second-order valence-electron chi connectivity index (χ2n) is 12.1. The molecule has 6 heteroatoms. The second kappa shape index (κ2) is 20.0. The van der Waals surface area contributed by atoms with E-state index in [2.05, 4.69) is 0 Å². The van der Waals surface area contributed by atoms with E-state index in [1.807, 2.05) is 79.7 Å². The van der Waals surface area contributed by atoms with Crippen molar-refractivity contribution in [2.45, 2.75) is 36.6 Å². The normalized spacial score (nSPS) is 9.89. The Morgan fingerprint density at radius 3 is 0.786 bits per heavy atom. The molecule has 0 bridgehead atoms. The number of ether oxygens (including phenoxy) is 4. The van der Waals surface area contributed by atoms with Crippen molar-refractivity contribution in [3.63, 3.8) is 0 Å². The van der Waals surface area contributed by atoms with Crippen LogP contribution in [0.2, 0.25) is 0 Å². The standard InChI is InChI=1S/C46H34O6.4CH4/c1-31-3-17-39(18-4-31)50-42-25-11-36(12-26-42)46(48)37-15-29-44(30-16-37)52-41-23-7-33(8-24-41)32-5-21-40(22-6-32)51-43-27-13-35(14-28-43)45(47)34-9-19-38(49-2)20-10-34;;;;/h3-30H,1-2H3;4*1H4. The van der Waals surface area contributed by atoms with Gasteiger partial charge in [0.2, 0.25) is 0 Å². The van der Waals surface area contributed by atoms with Gasteiger partial charge < -0.3 is 18.9 Å². The summed E-state index contributed by atoms with van der Waals surface area (Å²) >= 11 is 0. The Labute approximate surface area is 331 Å². The molecule has 0 fully saturated rings. The first-order valence-electron chi connectivity index (χ1n) is 16.7. The third-order valence-electron chi connectivity index (χ3n) is 8.47. The molecule has 0 unspecified atom stereocenters. The number of ketones is 2. The highest BCUT2D eigenvalue weighted by Crippen LogP contribution is 2.30. The van der Waals surface area contributed by atoms with E-state index in [9.17, 15) is 9.59 Å². The Bertz CT molecular complexity index is 2270. The summed E-state index contributed by atoms with van der Waals surface area (Å²) < 4.78 is 23.1. The molecule has 7 aromatic carbocycles. The highest BCUT2D eigenvalue weighted by molar-refractivity contribution is 6.09. The molecule has 0 radical (unpaired) electrons. The number of carbonyl (C=O) groups is 2. The van der Waals surface area contributed by atoms with Gasteiger partial charge in [0.25, 0.3) is 0 Å². The van der Waals surface area contributed by atoms with Gasteiger partial charge in [-0.15, -0.1) is 0 Å². The molecule has 0 aliphatic heterocycles. The monoisotopic (exact) mass is 746 g/mol. The zero-order valence-corrected chi connectivity index (χ0v) is 28.6. The highest BCUT2D eigenvalue weighted by atomic mass is 16.5. The summed E-state index contributed by atoms with van der Waals surface area (Å²) in [5, 5.41) is 0. The highest BCUT2D eigenvalue weighted by Gasteiger charge is 2.12. The van der Waals surface area contributed by atoms with E-state index < -0.39 is 0 Å². The minimum atomic E-state index is -0.0793. The van der Waals surface area contributed by atoms with Crippen LogP contribution in [0.25, 0.3) is 11.1 Å². The van der Waals surface area contributed by atoms with E-state index in [-0.39, 0.29) is 41.3 Å². The van der Waals surface area contributed by atoms with Crippen molar-refractivity contribution in [2.75, 3.05) is 7.11 Å². The summed E-state index contributed by atoms with van der Waals surface area (Å²) in [5.41, 5.74) is 5.53. The van der Waals surface area contributed by atoms with Crippen molar-refractivity contribution >= 4 is 11.6 Å². The zero-order chi connectivity index (χ0) is 35.9. The van der Waals surface area contributed by atoms with Gasteiger partial charge in [0.15, 0.2) is 11.6 Å². The number of benzene rings is 7. The van der Waals surface area contributed by atoms with Crippen molar-refractivity contribution in [1.29, 1.82) is 0 Å². The lowest BCUT2D eigenvalue weighted by molar-refractivity contribution is 0.103. The number of hydrogen-bond acceptors (Lipinski definition) is 6. The van der Waals surface area contributed by atoms with Crippen LogP contribution in [0.15, 0.2) is 170 Å². The predicted molar refractivity (Wildman–Crippen MR) is 229 cm³/mol. The molecule has 0 spiro atoms. The van der Waals surface area contributed by atoms with Crippen LogP contribution < -0.4 is 18.9 Å². The van der Waals surface area contributed by atoms with E-state index >= 15 is 0 Å². The molecule has 0 heterocycles. The molecular formula is C50H50O6. The first-order chi connectivity index (χ1) is 25.4. The maximum Gasteiger partial charge on any atom is 0.193 e. The lowest BCUT2D eigenvalue weighted by Crippen LogP contribution is -2.01. The minimum absolute atomic E-state index is 0. The topological polar surface area (TPSA) is 71.1 Å². The minimum Gasteiger partial charge on any atom is -0.497 e. The largest absolute Gasteiger partial charge is 0.497 e. The number of aryl methyl sites for hydroxylation is 1. The van der Waals surface area contributed by atoms with E-state index in [0.717, 1.165) is 22.4 Å². The average Bonchev–Trinajstić information content (AvgIpc) is 3.20. The van der Waals surface area contributed by atoms with Crippen LogP contribution in [0.4, 0.5) is 0 Å². The lowest BCUT2D eigenvalue weighted by Gasteiger charge is -2.10. The van der Waals surface area contributed by atoms with Crippen molar-refractivity contribution < 1.29 is 28.5 Å². The first-order valence-corrected chi connectivity index (χ1v) is 16.7. The Morgan fingerprint density at radius 2 is 0.536 bits per heavy atom. The number of methoxy groups -OCH3 is 1. The van der Waals surface area contributed by atoms with Crippen LogP contribution in [0.3, 0.4) is 0 Å². The molecule has 56 heavy (non-hydrogen) atoms. The van der Waals surface area contributed by atoms with Crippen molar-refractivity contribution in [3.8, 4) is 51.4 Å². The fourth-order valence-corrected chi connectivity index (χ4v) is 5.54. The molecule has 0 saturated carbocycles. The number of carbonyl (C=O) groups excluding carboxylic acids is 2. The van der Waals surface area contributed by atoms with Gasteiger partial charge in [-0.25, -0.2) is 0 Å². The predicted octanol–water partition coefficient (Wildman–Crippen LogP) is 14.1. The van der Waals surface area contributed by atoms with Crippen LogP contribution in [0.1, 0.15) is 67.1 Å². The smallest absolute Gasteiger partial charge is 0.193 e. The van der Waals surface area contributed by atoms with Crippen LogP contribution in [0, 0.1) is 6.92 Å². The van der Waals surface area contributed by atoms with Crippen molar-refractivity contribution in [1.82, 2.24) is 0 Å². The van der Waals surface area contributed by atoms with Gasteiger partial charge in [-0.05, 0) is 152 Å². The van der Waals surface area contributed by atoms with E-state index in [4.69, 9.17) is 18.9 Å². The van der Waals surface area contributed by atoms with Crippen LogP contribution >= 0.6 is 0 Å². The zero-order valence-electron chi connectivity index (χ0n) is 28.6. The fourth-order valence-electron chi connectivity index (χ4n) is 5.54. The van der Waals surface area contributed by atoms with E-state index in [1.165, 1.54) is 0 Å². The molecular weight excluding hydrogens is 697 g/mol.